The third-order valence-corrected chi connectivity index (χ3v) is 2.84. The number of rotatable bonds is 2. The minimum atomic E-state index is -0.675. The second-order valence-electron chi connectivity index (χ2n) is 4.15. The van der Waals surface area contributed by atoms with Crippen LogP contribution in [-0.2, 0) is 9.59 Å². The molecule has 7 heteroatoms. The van der Waals surface area contributed by atoms with Gasteiger partial charge in [0, 0.05) is 5.69 Å². The zero-order valence-electron chi connectivity index (χ0n) is 9.91. The third kappa shape index (κ3) is 2.17. The Kier molecular flexibility index (Phi) is 2.71. The maximum Gasteiger partial charge on any atom is 0.249 e. The number of carbonyl (C=O) groups excluding carboxylic acids is 2. The van der Waals surface area contributed by atoms with Crippen molar-refractivity contribution in [1.82, 2.24) is 14.8 Å². The number of amides is 2. The lowest BCUT2D eigenvalue weighted by molar-refractivity contribution is -0.125. The van der Waals surface area contributed by atoms with E-state index in [0.29, 0.717) is 11.6 Å². The Bertz CT molecular complexity index is 622. The summed E-state index contributed by atoms with van der Waals surface area (Å²) in [6.45, 7) is 0. The number of anilines is 2. The number of nitrogens with zero attached hydrogens (tertiary/aromatic N) is 3. The molecule has 0 aliphatic carbocycles. The van der Waals surface area contributed by atoms with E-state index < -0.39 is 6.04 Å². The highest BCUT2D eigenvalue weighted by Crippen LogP contribution is 2.22. The summed E-state index contributed by atoms with van der Waals surface area (Å²) >= 11 is 0. The number of aromatic nitrogens is 3. The lowest BCUT2D eigenvalue weighted by Gasteiger charge is -2.22. The van der Waals surface area contributed by atoms with Crippen LogP contribution in [0.5, 0.6) is 0 Å². The van der Waals surface area contributed by atoms with Gasteiger partial charge in [-0.15, -0.1) is 0 Å². The van der Waals surface area contributed by atoms with Gasteiger partial charge < -0.3 is 5.32 Å². The van der Waals surface area contributed by atoms with E-state index in [9.17, 15) is 9.59 Å². The fourth-order valence-corrected chi connectivity index (χ4v) is 1.96. The first-order valence-electron chi connectivity index (χ1n) is 5.79. The third-order valence-electron chi connectivity index (χ3n) is 2.84. The summed E-state index contributed by atoms with van der Waals surface area (Å²) in [4.78, 5) is 27.6. The molecule has 2 N–H and O–H groups in total. The van der Waals surface area contributed by atoms with Gasteiger partial charge in [0.15, 0.2) is 0 Å². The van der Waals surface area contributed by atoms with Crippen molar-refractivity contribution in [3.63, 3.8) is 0 Å². The van der Waals surface area contributed by atoms with E-state index in [1.54, 1.807) is 12.1 Å². The van der Waals surface area contributed by atoms with Gasteiger partial charge in [-0.05, 0) is 12.1 Å². The Morgan fingerprint density at radius 2 is 2.16 bits per heavy atom. The van der Waals surface area contributed by atoms with Gasteiger partial charge in [-0.25, -0.2) is 4.68 Å². The number of para-hydroxylation sites is 1. The summed E-state index contributed by atoms with van der Waals surface area (Å²) in [5, 5.41) is 9.28. The maximum absolute atomic E-state index is 12.2. The van der Waals surface area contributed by atoms with Crippen molar-refractivity contribution in [2.75, 3.05) is 10.6 Å². The second kappa shape index (κ2) is 4.52. The molecular formula is C12H11N5O2. The average Bonchev–Trinajstić information content (AvgIpc) is 2.86. The van der Waals surface area contributed by atoms with Crippen molar-refractivity contribution in [3.05, 3.63) is 36.7 Å². The van der Waals surface area contributed by atoms with Crippen LogP contribution in [0, 0.1) is 0 Å². The molecule has 1 aromatic carbocycles. The van der Waals surface area contributed by atoms with Crippen molar-refractivity contribution < 1.29 is 9.59 Å². The molecule has 3 rings (SSSR count). The van der Waals surface area contributed by atoms with Crippen LogP contribution in [0.3, 0.4) is 0 Å². The monoisotopic (exact) mass is 257 g/mol. The van der Waals surface area contributed by atoms with Crippen LogP contribution in [0.15, 0.2) is 36.7 Å². The van der Waals surface area contributed by atoms with E-state index in [1.165, 1.54) is 11.0 Å². The van der Waals surface area contributed by atoms with Crippen LogP contribution < -0.4 is 10.6 Å². The highest BCUT2D eigenvalue weighted by molar-refractivity contribution is 6.00. The Labute approximate surface area is 108 Å². The lowest BCUT2D eigenvalue weighted by atomic mass is 10.1. The summed E-state index contributed by atoms with van der Waals surface area (Å²) in [5.74, 6) is -0.231. The molecule has 2 aromatic rings. The first kappa shape index (κ1) is 11.4. The number of fused-ring (bicyclic) bond motifs is 1. The number of hydrogen-bond acceptors (Lipinski definition) is 4. The average molecular weight is 257 g/mol. The molecule has 19 heavy (non-hydrogen) atoms. The molecule has 96 valence electrons. The molecule has 1 aromatic heterocycles. The van der Waals surface area contributed by atoms with Gasteiger partial charge in [-0.3, -0.25) is 14.9 Å². The predicted molar refractivity (Wildman–Crippen MR) is 67.4 cm³/mol. The fraction of sp³-hybridized carbons (Fsp3) is 0.167. The molecule has 1 aliphatic rings. The molecular weight excluding hydrogens is 246 g/mol. The minimum Gasteiger partial charge on any atom is -0.324 e. The van der Waals surface area contributed by atoms with E-state index >= 15 is 0 Å². The molecule has 0 bridgehead atoms. The number of hydrogen-bond donors (Lipinski definition) is 2. The lowest BCUT2D eigenvalue weighted by Crippen LogP contribution is -2.35. The fourth-order valence-electron chi connectivity index (χ4n) is 1.96. The Hall–Kier alpha value is -2.70. The Balaban J connectivity index is 1.83. The largest absolute Gasteiger partial charge is 0.324 e. The van der Waals surface area contributed by atoms with Crippen LogP contribution in [0.2, 0.25) is 0 Å². The van der Waals surface area contributed by atoms with Crippen LogP contribution >= 0.6 is 0 Å². The summed E-state index contributed by atoms with van der Waals surface area (Å²) < 4.78 is 1.42. The minimum absolute atomic E-state index is 0.0506. The van der Waals surface area contributed by atoms with E-state index in [4.69, 9.17) is 0 Å². The Morgan fingerprint density at radius 3 is 2.95 bits per heavy atom. The first-order chi connectivity index (χ1) is 9.24. The molecule has 7 nitrogen and oxygen atoms in total. The molecule has 0 saturated carbocycles. The molecule has 0 unspecified atom stereocenters. The zero-order valence-corrected chi connectivity index (χ0v) is 9.91. The van der Waals surface area contributed by atoms with Gasteiger partial charge >= 0.3 is 0 Å². The summed E-state index contributed by atoms with van der Waals surface area (Å²) in [6.07, 6.45) is 1.36. The van der Waals surface area contributed by atoms with Crippen molar-refractivity contribution in [1.29, 1.82) is 0 Å². The number of benzene rings is 1. The molecule has 0 saturated heterocycles. The van der Waals surface area contributed by atoms with Crippen molar-refractivity contribution in [2.45, 2.75) is 12.5 Å². The highest BCUT2D eigenvalue weighted by atomic mass is 16.2. The van der Waals surface area contributed by atoms with Crippen LogP contribution in [-0.4, -0.2) is 26.6 Å². The van der Waals surface area contributed by atoms with Gasteiger partial charge in [-0.1, -0.05) is 18.2 Å². The van der Waals surface area contributed by atoms with Gasteiger partial charge in [0.25, 0.3) is 0 Å². The van der Waals surface area contributed by atoms with E-state index in [0.717, 1.165) is 0 Å². The number of nitrogens with one attached hydrogen (secondary N) is 2. The predicted octanol–water partition coefficient (Wildman–Crippen LogP) is 0.800. The summed E-state index contributed by atoms with van der Waals surface area (Å²) in [5.41, 5.74) is 0.681. The van der Waals surface area contributed by atoms with E-state index in [1.807, 2.05) is 18.2 Å². The van der Waals surface area contributed by atoms with Crippen LogP contribution in [0.4, 0.5) is 11.6 Å². The van der Waals surface area contributed by atoms with Crippen molar-refractivity contribution in [2.24, 2.45) is 0 Å². The molecule has 0 spiro atoms. The second-order valence-corrected chi connectivity index (χ2v) is 4.15. The van der Waals surface area contributed by atoms with Gasteiger partial charge in [0.05, 0.1) is 6.42 Å². The molecule has 0 fully saturated rings. The van der Waals surface area contributed by atoms with Crippen molar-refractivity contribution in [3.8, 4) is 0 Å². The maximum atomic E-state index is 12.2. The SMILES string of the molecule is O=C1C[C@H](C(=O)Nc2ccccc2)n2ncnc2N1. The van der Waals surface area contributed by atoms with E-state index in [2.05, 4.69) is 20.7 Å². The van der Waals surface area contributed by atoms with E-state index in [-0.39, 0.29) is 18.2 Å². The summed E-state index contributed by atoms with van der Waals surface area (Å²) in [7, 11) is 0. The Morgan fingerprint density at radius 1 is 1.37 bits per heavy atom. The highest BCUT2D eigenvalue weighted by Gasteiger charge is 2.31. The molecule has 1 atom stereocenters. The van der Waals surface area contributed by atoms with Gasteiger partial charge in [-0.2, -0.15) is 10.1 Å². The van der Waals surface area contributed by atoms with Crippen LogP contribution in [0.25, 0.3) is 0 Å². The van der Waals surface area contributed by atoms with Crippen LogP contribution in [0.1, 0.15) is 12.5 Å². The molecule has 1 aliphatic heterocycles. The summed E-state index contributed by atoms with van der Waals surface area (Å²) in [6, 6.07) is 8.39. The first-order valence-corrected chi connectivity index (χ1v) is 5.79. The quantitative estimate of drug-likeness (QED) is 0.832. The van der Waals surface area contributed by atoms with Gasteiger partial charge in [0.2, 0.25) is 17.8 Å². The normalized spacial score (nSPS) is 17.5. The zero-order chi connectivity index (χ0) is 13.2. The smallest absolute Gasteiger partial charge is 0.249 e. The van der Waals surface area contributed by atoms with Crippen molar-refractivity contribution >= 4 is 23.5 Å². The standard InChI is InChI=1S/C12H11N5O2/c18-10-6-9(17-12(16-10)13-7-14-17)11(19)15-8-4-2-1-3-5-8/h1-5,7,9H,6H2,(H,15,19)(H,13,14,16,18)/t9-/m1/s1. The molecule has 0 radical (unpaired) electrons. The molecule has 2 heterocycles. The topological polar surface area (TPSA) is 88.9 Å². The molecule has 2 amide bonds. The number of carbonyl (C=O) groups is 2. The van der Waals surface area contributed by atoms with Gasteiger partial charge in [0.1, 0.15) is 12.4 Å².